The molecule has 34 heavy (non-hydrogen) atoms. The highest BCUT2D eigenvalue weighted by molar-refractivity contribution is 5.75. The van der Waals surface area contributed by atoms with Gasteiger partial charge >= 0.3 is 17.9 Å². The Balaban J connectivity index is 1.55. The molecule has 1 aromatic heterocycles. The summed E-state index contributed by atoms with van der Waals surface area (Å²) in [6.45, 7) is 6.60. The Kier molecular flexibility index (Phi) is 6.63. The maximum Gasteiger partial charge on any atom is 0.410 e. The van der Waals surface area contributed by atoms with Crippen molar-refractivity contribution in [3.8, 4) is 0 Å². The van der Waals surface area contributed by atoms with Crippen molar-refractivity contribution < 1.29 is 19.1 Å². The van der Waals surface area contributed by atoms with Crippen LogP contribution in [0, 0.1) is 0 Å². The van der Waals surface area contributed by atoms with E-state index in [-0.39, 0.29) is 31.9 Å². The van der Waals surface area contributed by atoms with E-state index in [1.807, 2.05) is 75.4 Å². The number of piperazine rings is 1. The molecule has 2 aromatic carbocycles. The van der Waals surface area contributed by atoms with Crippen LogP contribution < -0.4 is 5.69 Å². The van der Waals surface area contributed by atoms with Gasteiger partial charge in [-0.2, -0.15) is 0 Å². The van der Waals surface area contributed by atoms with Crippen LogP contribution in [-0.4, -0.2) is 62.8 Å². The first-order valence-corrected chi connectivity index (χ1v) is 11.3. The van der Waals surface area contributed by atoms with Gasteiger partial charge in [0.05, 0.1) is 23.6 Å². The SMILES string of the molecule is CC(C)(C)OC(=O)N1CCN(C(=O)OCc2ccccc2)C(Cn2c(=O)[nH]c3ccccc32)C1. The predicted molar refractivity (Wildman–Crippen MR) is 127 cm³/mol. The van der Waals surface area contributed by atoms with Crippen LogP contribution in [0.25, 0.3) is 11.0 Å². The van der Waals surface area contributed by atoms with Gasteiger partial charge in [-0.3, -0.25) is 9.47 Å². The summed E-state index contributed by atoms with van der Waals surface area (Å²) in [7, 11) is 0. The van der Waals surface area contributed by atoms with Crippen LogP contribution in [0.2, 0.25) is 0 Å². The number of ether oxygens (including phenoxy) is 2. The minimum atomic E-state index is -0.633. The molecule has 1 N–H and O–H groups in total. The van der Waals surface area contributed by atoms with Gasteiger partial charge < -0.3 is 19.4 Å². The van der Waals surface area contributed by atoms with Crippen LogP contribution >= 0.6 is 0 Å². The van der Waals surface area contributed by atoms with Gasteiger partial charge in [0, 0.05) is 19.6 Å². The standard InChI is InChI=1S/C25H30N4O5/c1-25(2,3)34-23(31)27-13-14-28(24(32)33-17-18-9-5-4-6-10-18)19(15-27)16-29-21-12-8-7-11-20(21)26-22(29)30/h4-12,19H,13-17H2,1-3H3,(H,26,30). The quantitative estimate of drug-likeness (QED) is 0.634. The van der Waals surface area contributed by atoms with Crippen molar-refractivity contribution >= 4 is 23.2 Å². The molecule has 0 spiro atoms. The second-order valence-corrected chi connectivity index (χ2v) is 9.37. The van der Waals surface area contributed by atoms with E-state index in [1.165, 1.54) is 0 Å². The molecule has 3 aromatic rings. The number of amides is 2. The molecule has 1 aliphatic rings. The molecule has 0 aliphatic carbocycles. The first-order chi connectivity index (χ1) is 16.2. The Morgan fingerprint density at radius 1 is 1.00 bits per heavy atom. The Morgan fingerprint density at radius 2 is 1.71 bits per heavy atom. The van der Waals surface area contributed by atoms with Gasteiger partial charge in [0.1, 0.15) is 12.2 Å². The van der Waals surface area contributed by atoms with Crippen molar-refractivity contribution in [2.24, 2.45) is 0 Å². The summed E-state index contributed by atoms with van der Waals surface area (Å²) in [4.78, 5) is 44.4. The Bertz CT molecular complexity index is 1210. The highest BCUT2D eigenvalue weighted by Gasteiger charge is 2.36. The van der Waals surface area contributed by atoms with Gasteiger partial charge in [-0.05, 0) is 38.5 Å². The molecule has 4 rings (SSSR count). The third-order valence-corrected chi connectivity index (χ3v) is 5.65. The zero-order valence-corrected chi connectivity index (χ0v) is 19.7. The third kappa shape index (κ3) is 5.41. The summed E-state index contributed by atoms with van der Waals surface area (Å²) in [5.41, 5.74) is 1.43. The van der Waals surface area contributed by atoms with E-state index < -0.39 is 23.8 Å². The van der Waals surface area contributed by atoms with Gasteiger partial charge in [-0.15, -0.1) is 0 Å². The van der Waals surface area contributed by atoms with Gasteiger partial charge in [0.25, 0.3) is 0 Å². The first-order valence-electron chi connectivity index (χ1n) is 11.3. The minimum absolute atomic E-state index is 0.145. The van der Waals surface area contributed by atoms with E-state index in [4.69, 9.17) is 9.47 Å². The number of imidazole rings is 1. The number of hydrogen-bond donors (Lipinski definition) is 1. The van der Waals surface area contributed by atoms with E-state index in [0.717, 1.165) is 11.1 Å². The number of rotatable bonds is 4. The number of aromatic amines is 1. The predicted octanol–water partition coefficient (Wildman–Crippen LogP) is 3.59. The molecule has 0 radical (unpaired) electrons. The van der Waals surface area contributed by atoms with Crippen molar-refractivity contribution in [3.63, 3.8) is 0 Å². The second kappa shape index (κ2) is 9.62. The van der Waals surface area contributed by atoms with Crippen LogP contribution in [0.15, 0.2) is 59.4 Å². The monoisotopic (exact) mass is 466 g/mol. The molecule has 0 bridgehead atoms. The molecular weight excluding hydrogens is 436 g/mol. The molecule has 9 heteroatoms. The van der Waals surface area contributed by atoms with Crippen molar-refractivity contribution in [1.82, 2.24) is 19.4 Å². The molecule has 2 heterocycles. The van der Waals surface area contributed by atoms with E-state index in [2.05, 4.69) is 4.98 Å². The lowest BCUT2D eigenvalue weighted by molar-refractivity contribution is -0.000913. The summed E-state index contributed by atoms with van der Waals surface area (Å²) in [5.74, 6) is 0. The van der Waals surface area contributed by atoms with E-state index in [1.54, 1.807) is 14.4 Å². The summed E-state index contributed by atoms with van der Waals surface area (Å²) in [6.07, 6.45) is -0.924. The van der Waals surface area contributed by atoms with E-state index in [0.29, 0.717) is 12.1 Å². The molecule has 9 nitrogen and oxygen atoms in total. The van der Waals surface area contributed by atoms with Gasteiger partial charge in [0.15, 0.2) is 0 Å². The fourth-order valence-electron chi connectivity index (χ4n) is 4.05. The maximum absolute atomic E-state index is 13.0. The first kappa shape index (κ1) is 23.4. The number of aromatic nitrogens is 2. The molecule has 1 aliphatic heterocycles. The highest BCUT2D eigenvalue weighted by atomic mass is 16.6. The summed E-state index contributed by atoms with van der Waals surface area (Å²) >= 11 is 0. The summed E-state index contributed by atoms with van der Waals surface area (Å²) in [6, 6.07) is 16.3. The van der Waals surface area contributed by atoms with Crippen molar-refractivity contribution in [2.45, 2.75) is 45.6 Å². The summed E-state index contributed by atoms with van der Waals surface area (Å²) < 4.78 is 12.7. The van der Waals surface area contributed by atoms with Crippen molar-refractivity contribution in [1.29, 1.82) is 0 Å². The topological polar surface area (TPSA) is 96.9 Å². The van der Waals surface area contributed by atoms with Crippen LogP contribution in [0.3, 0.4) is 0 Å². The lowest BCUT2D eigenvalue weighted by Gasteiger charge is -2.41. The number of nitrogens with one attached hydrogen (secondary N) is 1. The third-order valence-electron chi connectivity index (χ3n) is 5.65. The van der Waals surface area contributed by atoms with Gasteiger partial charge in [-0.1, -0.05) is 42.5 Å². The molecule has 2 amide bonds. The van der Waals surface area contributed by atoms with Crippen LogP contribution in [-0.2, 0) is 22.6 Å². The lowest BCUT2D eigenvalue weighted by atomic mass is 10.1. The number of carbonyl (C=O) groups excluding carboxylic acids is 2. The molecule has 0 saturated carbocycles. The van der Waals surface area contributed by atoms with Crippen molar-refractivity contribution in [2.75, 3.05) is 19.6 Å². The molecule has 1 unspecified atom stereocenters. The number of benzene rings is 2. The zero-order chi connectivity index (χ0) is 24.3. The maximum atomic E-state index is 13.0. The fraction of sp³-hybridized carbons (Fsp3) is 0.400. The number of carbonyl (C=O) groups is 2. The number of para-hydroxylation sites is 2. The van der Waals surface area contributed by atoms with Gasteiger partial charge in [-0.25, -0.2) is 14.4 Å². The Morgan fingerprint density at radius 3 is 2.44 bits per heavy atom. The molecule has 1 atom stereocenters. The molecule has 1 saturated heterocycles. The minimum Gasteiger partial charge on any atom is -0.445 e. The Hall–Kier alpha value is -3.75. The highest BCUT2D eigenvalue weighted by Crippen LogP contribution is 2.19. The zero-order valence-electron chi connectivity index (χ0n) is 19.7. The average molecular weight is 467 g/mol. The number of H-pyrrole nitrogens is 1. The lowest BCUT2D eigenvalue weighted by Crippen LogP contribution is -2.58. The van der Waals surface area contributed by atoms with Crippen molar-refractivity contribution in [3.05, 3.63) is 70.6 Å². The fourth-order valence-corrected chi connectivity index (χ4v) is 4.05. The smallest absolute Gasteiger partial charge is 0.410 e. The average Bonchev–Trinajstić information content (AvgIpc) is 3.12. The number of hydrogen-bond acceptors (Lipinski definition) is 5. The molecule has 1 fully saturated rings. The number of fused-ring (bicyclic) bond motifs is 1. The van der Waals surface area contributed by atoms with Crippen LogP contribution in [0.1, 0.15) is 26.3 Å². The molecular formula is C25H30N4O5. The molecule has 180 valence electrons. The number of nitrogens with zero attached hydrogens (tertiary/aromatic N) is 3. The van der Waals surface area contributed by atoms with Crippen LogP contribution in [0.4, 0.5) is 9.59 Å². The van der Waals surface area contributed by atoms with E-state index >= 15 is 0 Å². The van der Waals surface area contributed by atoms with E-state index in [9.17, 15) is 14.4 Å². The largest absolute Gasteiger partial charge is 0.445 e. The Labute approximate surface area is 197 Å². The van der Waals surface area contributed by atoms with Crippen LogP contribution in [0.5, 0.6) is 0 Å². The van der Waals surface area contributed by atoms with Gasteiger partial charge in [0.2, 0.25) is 0 Å². The second-order valence-electron chi connectivity index (χ2n) is 9.37. The summed E-state index contributed by atoms with van der Waals surface area (Å²) in [5, 5.41) is 0. The normalized spacial score (nSPS) is 16.5.